The summed E-state index contributed by atoms with van der Waals surface area (Å²) in [5.74, 6) is 0.520. The lowest BCUT2D eigenvalue weighted by Gasteiger charge is -2.23. The molecule has 3 heteroatoms. The van der Waals surface area contributed by atoms with Crippen molar-refractivity contribution in [3.8, 4) is 0 Å². The van der Waals surface area contributed by atoms with Crippen LogP contribution in [-0.4, -0.2) is 31.5 Å². The molecule has 3 nitrogen and oxygen atoms in total. The molecular weight excluding hydrogens is 226 g/mol. The van der Waals surface area contributed by atoms with Crippen molar-refractivity contribution >= 4 is 0 Å². The van der Waals surface area contributed by atoms with Gasteiger partial charge < -0.3 is 15.2 Å². The lowest BCUT2D eigenvalue weighted by molar-refractivity contribution is 0.0586. The van der Waals surface area contributed by atoms with Crippen LogP contribution in [0.1, 0.15) is 31.9 Å². The molecule has 0 spiro atoms. The zero-order valence-corrected chi connectivity index (χ0v) is 11.6. The van der Waals surface area contributed by atoms with Crippen molar-refractivity contribution in [1.29, 1.82) is 0 Å². The Morgan fingerprint density at radius 2 is 1.89 bits per heavy atom. The van der Waals surface area contributed by atoms with Crippen molar-refractivity contribution in [2.75, 3.05) is 20.3 Å². The van der Waals surface area contributed by atoms with E-state index in [4.69, 9.17) is 4.74 Å². The molecule has 0 aliphatic heterocycles. The number of nitrogens with one attached hydrogen (secondary N) is 1. The van der Waals surface area contributed by atoms with E-state index in [1.54, 1.807) is 7.11 Å². The molecule has 0 fully saturated rings. The fourth-order valence-corrected chi connectivity index (χ4v) is 2.08. The average molecular weight is 251 g/mol. The van der Waals surface area contributed by atoms with Crippen molar-refractivity contribution in [3.05, 3.63) is 35.9 Å². The van der Waals surface area contributed by atoms with Gasteiger partial charge in [0.2, 0.25) is 0 Å². The van der Waals surface area contributed by atoms with Crippen LogP contribution in [-0.2, 0) is 4.74 Å². The molecule has 2 atom stereocenters. The molecule has 0 radical (unpaired) electrons. The van der Waals surface area contributed by atoms with Gasteiger partial charge in [0.05, 0.1) is 12.7 Å². The van der Waals surface area contributed by atoms with Gasteiger partial charge in [-0.05, 0) is 24.4 Å². The molecule has 0 bridgehead atoms. The van der Waals surface area contributed by atoms with Crippen molar-refractivity contribution in [3.63, 3.8) is 0 Å². The monoisotopic (exact) mass is 251 g/mol. The molecule has 0 aromatic heterocycles. The van der Waals surface area contributed by atoms with Gasteiger partial charge in [-0.25, -0.2) is 0 Å². The largest absolute Gasteiger partial charge is 0.391 e. The maximum Gasteiger partial charge on any atom is 0.0785 e. The van der Waals surface area contributed by atoms with Crippen LogP contribution in [0.15, 0.2) is 30.3 Å². The number of ether oxygens (including phenoxy) is 1. The summed E-state index contributed by atoms with van der Waals surface area (Å²) in [5.41, 5.74) is 1.30. The van der Waals surface area contributed by atoms with E-state index in [-0.39, 0.29) is 6.10 Å². The lowest BCUT2D eigenvalue weighted by atomic mass is 9.96. The Bertz CT molecular complexity index is 314. The van der Waals surface area contributed by atoms with Crippen LogP contribution >= 0.6 is 0 Å². The zero-order valence-electron chi connectivity index (χ0n) is 11.6. The molecule has 0 saturated heterocycles. The first-order valence-electron chi connectivity index (χ1n) is 6.60. The fraction of sp³-hybridized carbons (Fsp3) is 0.600. The molecule has 1 aromatic rings. The lowest BCUT2D eigenvalue weighted by Crippen LogP contribution is -2.29. The number of aliphatic hydroxyl groups excluding tert-OH is 1. The number of benzene rings is 1. The summed E-state index contributed by atoms with van der Waals surface area (Å²) in [7, 11) is 1.61. The van der Waals surface area contributed by atoms with Gasteiger partial charge in [0.1, 0.15) is 0 Å². The highest BCUT2D eigenvalue weighted by Crippen LogP contribution is 2.21. The highest BCUT2D eigenvalue weighted by molar-refractivity contribution is 5.19. The smallest absolute Gasteiger partial charge is 0.0785 e. The number of hydrogen-bond donors (Lipinski definition) is 2. The Kier molecular flexibility index (Phi) is 6.94. The summed E-state index contributed by atoms with van der Waals surface area (Å²) in [4.78, 5) is 0. The molecule has 102 valence electrons. The molecule has 2 N–H and O–H groups in total. The van der Waals surface area contributed by atoms with E-state index in [0.29, 0.717) is 25.0 Å². The highest BCUT2D eigenvalue weighted by atomic mass is 16.5. The van der Waals surface area contributed by atoms with Crippen LogP contribution < -0.4 is 5.32 Å². The number of methoxy groups -OCH3 is 1. The van der Waals surface area contributed by atoms with Crippen molar-refractivity contribution in [2.24, 2.45) is 5.92 Å². The van der Waals surface area contributed by atoms with Gasteiger partial charge in [-0.2, -0.15) is 0 Å². The summed E-state index contributed by atoms with van der Waals surface area (Å²) >= 11 is 0. The van der Waals surface area contributed by atoms with Gasteiger partial charge in [-0.15, -0.1) is 0 Å². The summed E-state index contributed by atoms with van der Waals surface area (Å²) < 4.78 is 4.92. The molecule has 0 aliphatic carbocycles. The summed E-state index contributed by atoms with van der Waals surface area (Å²) in [5, 5.41) is 13.1. The minimum Gasteiger partial charge on any atom is -0.391 e. The Morgan fingerprint density at radius 3 is 2.44 bits per heavy atom. The SMILES string of the molecule is COCC(O)CCNC(c1ccccc1)C(C)C. The van der Waals surface area contributed by atoms with Crippen LogP contribution in [0.3, 0.4) is 0 Å². The van der Waals surface area contributed by atoms with Gasteiger partial charge in [-0.1, -0.05) is 44.2 Å². The van der Waals surface area contributed by atoms with Crippen LogP contribution in [0, 0.1) is 5.92 Å². The first kappa shape index (κ1) is 15.2. The summed E-state index contributed by atoms with van der Waals surface area (Å²) in [6, 6.07) is 10.8. The second kappa shape index (κ2) is 8.25. The van der Waals surface area contributed by atoms with Crippen LogP contribution in [0.4, 0.5) is 0 Å². The van der Waals surface area contributed by atoms with E-state index in [2.05, 4.69) is 43.4 Å². The van der Waals surface area contributed by atoms with E-state index >= 15 is 0 Å². The summed E-state index contributed by atoms with van der Waals surface area (Å²) in [6.45, 7) is 5.61. The second-order valence-corrected chi connectivity index (χ2v) is 4.98. The molecule has 1 rings (SSSR count). The molecule has 0 saturated carbocycles. The Balaban J connectivity index is 2.45. The zero-order chi connectivity index (χ0) is 13.4. The summed E-state index contributed by atoms with van der Waals surface area (Å²) in [6.07, 6.45) is 0.329. The van der Waals surface area contributed by atoms with Crippen LogP contribution in [0.25, 0.3) is 0 Å². The minimum atomic E-state index is -0.383. The molecule has 2 unspecified atom stereocenters. The third-order valence-electron chi connectivity index (χ3n) is 3.03. The maximum absolute atomic E-state index is 9.61. The molecule has 0 aliphatic rings. The Morgan fingerprint density at radius 1 is 1.22 bits per heavy atom. The first-order chi connectivity index (χ1) is 8.65. The normalized spacial score (nSPS) is 14.7. The predicted molar refractivity (Wildman–Crippen MR) is 74.5 cm³/mol. The highest BCUT2D eigenvalue weighted by Gasteiger charge is 2.15. The van der Waals surface area contributed by atoms with Gasteiger partial charge in [0.25, 0.3) is 0 Å². The third-order valence-corrected chi connectivity index (χ3v) is 3.03. The van der Waals surface area contributed by atoms with E-state index in [1.807, 2.05) is 6.07 Å². The van der Waals surface area contributed by atoms with Crippen molar-refractivity contribution in [2.45, 2.75) is 32.4 Å². The first-order valence-corrected chi connectivity index (χ1v) is 6.60. The number of aliphatic hydroxyl groups is 1. The number of hydrogen-bond acceptors (Lipinski definition) is 3. The standard InChI is InChI=1S/C15H25NO2/c1-12(2)15(13-7-5-4-6-8-13)16-10-9-14(17)11-18-3/h4-8,12,14-17H,9-11H2,1-3H3. The van der Waals surface area contributed by atoms with E-state index in [9.17, 15) is 5.11 Å². The van der Waals surface area contributed by atoms with Gasteiger partial charge >= 0.3 is 0 Å². The predicted octanol–water partition coefficient (Wildman–Crippen LogP) is 2.37. The van der Waals surface area contributed by atoms with Gasteiger partial charge in [0.15, 0.2) is 0 Å². The van der Waals surface area contributed by atoms with Crippen molar-refractivity contribution < 1.29 is 9.84 Å². The van der Waals surface area contributed by atoms with Gasteiger partial charge in [0, 0.05) is 13.2 Å². The van der Waals surface area contributed by atoms with E-state index in [0.717, 1.165) is 6.54 Å². The average Bonchev–Trinajstić information content (AvgIpc) is 2.35. The Hall–Kier alpha value is -0.900. The minimum absolute atomic E-state index is 0.334. The maximum atomic E-state index is 9.61. The number of rotatable bonds is 8. The van der Waals surface area contributed by atoms with E-state index in [1.165, 1.54) is 5.56 Å². The molecular formula is C15H25NO2. The fourth-order valence-electron chi connectivity index (χ4n) is 2.08. The quantitative estimate of drug-likeness (QED) is 0.745. The van der Waals surface area contributed by atoms with Crippen molar-refractivity contribution in [1.82, 2.24) is 5.32 Å². The van der Waals surface area contributed by atoms with Crippen LogP contribution in [0.2, 0.25) is 0 Å². The molecule has 18 heavy (non-hydrogen) atoms. The second-order valence-electron chi connectivity index (χ2n) is 4.98. The van der Waals surface area contributed by atoms with Crippen LogP contribution in [0.5, 0.6) is 0 Å². The molecule has 0 heterocycles. The van der Waals surface area contributed by atoms with Gasteiger partial charge in [-0.3, -0.25) is 0 Å². The molecule has 1 aromatic carbocycles. The Labute approximate surface area is 110 Å². The topological polar surface area (TPSA) is 41.5 Å². The third kappa shape index (κ3) is 5.17. The van der Waals surface area contributed by atoms with E-state index < -0.39 is 0 Å². The molecule has 0 amide bonds.